The lowest BCUT2D eigenvalue weighted by molar-refractivity contribution is 0.300. The standard InChI is InChI=1S/C9H13NO/c1-7-2-3-9(10)8(6-7)4-5-11/h2-3,6,11H,4-5,10H2,1H3. The molecule has 1 rings (SSSR count). The summed E-state index contributed by atoms with van der Waals surface area (Å²) in [5.41, 5.74) is 8.65. The number of aryl methyl sites for hydroxylation is 1. The Morgan fingerprint density at radius 1 is 1.45 bits per heavy atom. The molecule has 0 saturated heterocycles. The van der Waals surface area contributed by atoms with Crippen LogP contribution in [0.4, 0.5) is 5.69 Å². The van der Waals surface area contributed by atoms with Crippen LogP contribution in [0.5, 0.6) is 0 Å². The highest BCUT2D eigenvalue weighted by molar-refractivity contribution is 5.48. The van der Waals surface area contributed by atoms with Crippen LogP contribution in [0.15, 0.2) is 18.2 Å². The molecule has 0 aliphatic rings. The van der Waals surface area contributed by atoms with Crippen LogP contribution in [0.2, 0.25) is 0 Å². The fraction of sp³-hybridized carbons (Fsp3) is 0.333. The van der Waals surface area contributed by atoms with Crippen LogP contribution in [0.3, 0.4) is 0 Å². The minimum atomic E-state index is 0.160. The van der Waals surface area contributed by atoms with E-state index in [4.69, 9.17) is 10.8 Å². The molecule has 0 aliphatic carbocycles. The summed E-state index contributed by atoms with van der Waals surface area (Å²) in [7, 11) is 0. The molecule has 0 aromatic heterocycles. The van der Waals surface area contributed by atoms with Crippen molar-refractivity contribution in [2.45, 2.75) is 13.3 Å². The summed E-state index contributed by atoms with van der Waals surface area (Å²) in [6, 6.07) is 5.85. The quantitative estimate of drug-likeness (QED) is 0.622. The second-order valence-electron chi connectivity index (χ2n) is 2.68. The van der Waals surface area contributed by atoms with E-state index in [-0.39, 0.29) is 6.61 Å². The zero-order chi connectivity index (χ0) is 8.27. The number of nitrogens with two attached hydrogens (primary N) is 1. The van der Waals surface area contributed by atoms with Gasteiger partial charge in [-0.15, -0.1) is 0 Å². The number of nitrogen functional groups attached to an aromatic ring is 1. The van der Waals surface area contributed by atoms with E-state index >= 15 is 0 Å². The van der Waals surface area contributed by atoms with Crippen LogP contribution < -0.4 is 5.73 Å². The van der Waals surface area contributed by atoms with Gasteiger partial charge in [-0.25, -0.2) is 0 Å². The summed E-state index contributed by atoms with van der Waals surface area (Å²) in [4.78, 5) is 0. The fourth-order valence-corrected chi connectivity index (χ4v) is 1.07. The molecule has 60 valence electrons. The van der Waals surface area contributed by atoms with Crippen LogP contribution in [0.1, 0.15) is 11.1 Å². The highest BCUT2D eigenvalue weighted by Crippen LogP contribution is 2.13. The number of aliphatic hydroxyl groups is 1. The zero-order valence-corrected chi connectivity index (χ0v) is 6.67. The molecule has 0 radical (unpaired) electrons. The van der Waals surface area contributed by atoms with E-state index in [2.05, 4.69) is 0 Å². The molecule has 0 heterocycles. The van der Waals surface area contributed by atoms with Crippen LogP contribution in [0, 0.1) is 6.92 Å². The van der Waals surface area contributed by atoms with Gasteiger partial charge in [0.2, 0.25) is 0 Å². The Balaban J connectivity index is 2.93. The average molecular weight is 151 g/mol. The summed E-state index contributed by atoms with van der Waals surface area (Å²) in [5, 5.41) is 8.68. The number of aliphatic hydroxyl groups excluding tert-OH is 1. The first kappa shape index (κ1) is 8.08. The normalized spacial score (nSPS) is 10.0. The third kappa shape index (κ3) is 1.95. The molecule has 0 unspecified atom stereocenters. The first-order valence-electron chi connectivity index (χ1n) is 3.70. The molecule has 0 fully saturated rings. The van der Waals surface area contributed by atoms with Crippen molar-refractivity contribution in [1.82, 2.24) is 0 Å². The Kier molecular flexibility index (Phi) is 2.49. The molecular weight excluding hydrogens is 138 g/mol. The van der Waals surface area contributed by atoms with Gasteiger partial charge in [-0.2, -0.15) is 0 Å². The number of anilines is 1. The summed E-state index contributed by atoms with van der Waals surface area (Å²) in [6.07, 6.45) is 0.646. The van der Waals surface area contributed by atoms with Crippen LogP contribution in [-0.2, 0) is 6.42 Å². The predicted octanol–water partition coefficient (Wildman–Crippen LogP) is 1.11. The predicted molar refractivity (Wildman–Crippen MR) is 46.4 cm³/mol. The lowest BCUT2D eigenvalue weighted by Crippen LogP contribution is -1.97. The van der Waals surface area contributed by atoms with Crippen molar-refractivity contribution in [3.8, 4) is 0 Å². The van der Waals surface area contributed by atoms with E-state index < -0.39 is 0 Å². The van der Waals surface area contributed by atoms with E-state index in [1.54, 1.807) is 0 Å². The molecule has 1 aromatic rings. The van der Waals surface area contributed by atoms with Gasteiger partial charge in [0, 0.05) is 12.3 Å². The molecule has 0 saturated carbocycles. The highest BCUT2D eigenvalue weighted by atomic mass is 16.2. The Morgan fingerprint density at radius 3 is 2.82 bits per heavy atom. The van der Waals surface area contributed by atoms with Crippen molar-refractivity contribution in [2.24, 2.45) is 0 Å². The third-order valence-corrected chi connectivity index (χ3v) is 1.68. The lowest BCUT2D eigenvalue weighted by Gasteiger charge is -2.03. The molecule has 0 atom stereocenters. The molecule has 0 amide bonds. The fourth-order valence-electron chi connectivity index (χ4n) is 1.07. The number of rotatable bonds is 2. The van der Waals surface area contributed by atoms with E-state index in [0.29, 0.717) is 6.42 Å². The minimum Gasteiger partial charge on any atom is -0.399 e. The van der Waals surface area contributed by atoms with Crippen molar-refractivity contribution in [1.29, 1.82) is 0 Å². The second kappa shape index (κ2) is 3.39. The Morgan fingerprint density at radius 2 is 2.18 bits per heavy atom. The van der Waals surface area contributed by atoms with Gasteiger partial charge < -0.3 is 10.8 Å². The van der Waals surface area contributed by atoms with E-state index in [1.807, 2.05) is 25.1 Å². The first-order chi connectivity index (χ1) is 5.24. The summed E-state index contributed by atoms with van der Waals surface area (Å²) in [5.74, 6) is 0. The van der Waals surface area contributed by atoms with Gasteiger partial charge in [0.05, 0.1) is 0 Å². The molecule has 11 heavy (non-hydrogen) atoms. The summed E-state index contributed by atoms with van der Waals surface area (Å²) >= 11 is 0. The first-order valence-corrected chi connectivity index (χ1v) is 3.70. The maximum atomic E-state index is 8.68. The molecule has 1 aromatic carbocycles. The minimum absolute atomic E-state index is 0.160. The third-order valence-electron chi connectivity index (χ3n) is 1.68. The monoisotopic (exact) mass is 151 g/mol. The maximum Gasteiger partial charge on any atom is 0.0472 e. The Bertz CT molecular complexity index is 245. The van der Waals surface area contributed by atoms with Gasteiger partial charge in [0.25, 0.3) is 0 Å². The van der Waals surface area contributed by atoms with Crippen molar-refractivity contribution < 1.29 is 5.11 Å². The molecule has 2 nitrogen and oxygen atoms in total. The van der Waals surface area contributed by atoms with Gasteiger partial charge in [-0.05, 0) is 25.0 Å². The van der Waals surface area contributed by atoms with Gasteiger partial charge in [0.15, 0.2) is 0 Å². The van der Waals surface area contributed by atoms with Crippen molar-refractivity contribution in [3.05, 3.63) is 29.3 Å². The maximum absolute atomic E-state index is 8.68. The molecule has 3 N–H and O–H groups in total. The topological polar surface area (TPSA) is 46.2 Å². The van der Waals surface area contributed by atoms with Crippen molar-refractivity contribution >= 4 is 5.69 Å². The molecule has 2 heteroatoms. The summed E-state index contributed by atoms with van der Waals surface area (Å²) in [6.45, 7) is 2.17. The molecule has 0 aliphatic heterocycles. The van der Waals surface area contributed by atoms with E-state index in [0.717, 1.165) is 11.3 Å². The van der Waals surface area contributed by atoms with Gasteiger partial charge >= 0.3 is 0 Å². The molecular formula is C9H13NO. The second-order valence-corrected chi connectivity index (χ2v) is 2.68. The number of benzene rings is 1. The van der Waals surface area contributed by atoms with E-state index in [1.165, 1.54) is 5.56 Å². The van der Waals surface area contributed by atoms with Crippen LogP contribution in [-0.4, -0.2) is 11.7 Å². The van der Waals surface area contributed by atoms with Crippen molar-refractivity contribution in [2.75, 3.05) is 12.3 Å². The highest BCUT2D eigenvalue weighted by Gasteiger charge is 1.97. The van der Waals surface area contributed by atoms with Crippen molar-refractivity contribution in [3.63, 3.8) is 0 Å². The van der Waals surface area contributed by atoms with Gasteiger partial charge in [0.1, 0.15) is 0 Å². The largest absolute Gasteiger partial charge is 0.399 e. The van der Waals surface area contributed by atoms with Crippen LogP contribution >= 0.6 is 0 Å². The lowest BCUT2D eigenvalue weighted by atomic mass is 10.1. The van der Waals surface area contributed by atoms with Crippen LogP contribution in [0.25, 0.3) is 0 Å². The summed E-state index contributed by atoms with van der Waals surface area (Å²) < 4.78 is 0. The van der Waals surface area contributed by atoms with E-state index in [9.17, 15) is 0 Å². The molecule has 0 bridgehead atoms. The van der Waals surface area contributed by atoms with Gasteiger partial charge in [-0.3, -0.25) is 0 Å². The zero-order valence-electron chi connectivity index (χ0n) is 6.67. The Labute approximate surface area is 66.7 Å². The average Bonchev–Trinajstić information content (AvgIpc) is 1.98. The SMILES string of the molecule is Cc1ccc(N)c(CCO)c1. The number of hydrogen-bond acceptors (Lipinski definition) is 2. The Hall–Kier alpha value is -1.02. The van der Waals surface area contributed by atoms with Gasteiger partial charge in [-0.1, -0.05) is 17.7 Å². The smallest absolute Gasteiger partial charge is 0.0472 e. The molecule has 0 spiro atoms. The number of hydrogen-bond donors (Lipinski definition) is 2.